The number of likely N-dealkylation sites (N-methyl/N-ethyl adjacent to an activating group) is 1. The zero-order valence-corrected chi connectivity index (χ0v) is 20.2. The maximum atomic E-state index is 12.5. The summed E-state index contributed by atoms with van der Waals surface area (Å²) < 4.78 is 11.3. The summed E-state index contributed by atoms with van der Waals surface area (Å²) in [6, 6.07) is 17.9. The van der Waals surface area contributed by atoms with Crippen LogP contribution in [-0.4, -0.2) is 42.6 Å². The molecule has 1 saturated carbocycles. The molecule has 33 heavy (non-hydrogen) atoms. The second kappa shape index (κ2) is 12.5. The second-order valence-corrected chi connectivity index (χ2v) is 8.94. The summed E-state index contributed by atoms with van der Waals surface area (Å²) in [6.45, 7) is 8.35. The minimum absolute atomic E-state index is 0.000346. The van der Waals surface area contributed by atoms with Crippen molar-refractivity contribution in [2.45, 2.75) is 65.1 Å². The van der Waals surface area contributed by atoms with E-state index in [-0.39, 0.29) is 30.6 Å². The van der Waals surface area contributed by atoms with E-state index in [1.54, 1.807) is 0 Å². The zero-order chi connectivity index (χ0) is 23.6. The normalized spacial score (nSPS) is 18.8. The van der Waals surface area contributed by atoms with Gasteiger partial charge in [0.1, 0.15) is 12.7 Å². The first-order valence-corrected chi connectivity index (χ1v) is 12.2. The van der Waals surface area contributed by atoms with E-state index in [9.17, 15) is 9.59 Å². The summed E-state index contributed by atoms with van der Waals surface area (Å²) in [4.78, 5) is 26.9. The smallest absolute Gasteiger partial charge is 0.320 e. The summed E-state index contributed by atoms with van der Waals surface area (Å²) in [7, 11) is 0. The highest BCUT2D eigenvalue weighted by Crippen LogP contribution is 2.32. The molecule has 3 atom stereocenters. The lowest BCUT2D eigenvalue weighted by molar-refractivity contribution is -0.152. The first kappa shape index (κ1) is 25.0. The molecule has 0 aromatic heterocycles. The number of carbonyl (C=O) groups is 2. The number of esters is 2. The Balaban J connectivity index is 1.50. The van der Waals surface area contributed by atoms with Crippen molar-refractivity contribution in [3.8, 4) is 0 Å². The number of ether oxygens (including phenoxy) is 2. The van der Waals surface area contributed by atoms with Crippen LogP contribution in [0.1, 0.15) is 62.6 Å². The molecule has 1 aliphatic rings. The van der Waals surface area contributed by atoms with Crippen LogP contribution in [0, 0.1) is 5.92 Å². The highest BCUT2D eigenvalue weighted by molar-refractivity contribution is 5.77. The lowest BCUT2D eigenvalue weighted by Gasteiger charge is -2.23. The van der Waals surface area contributed by atoms with Crippen LogP contribution in [0.15, 0.2) is 54.6 Å². The monoisotopic (exact) mass is 451 g/mol. The molecule has 0 unspecified atom stereocenters. The van der Waals surface area contributed by atoms with Crippen molar-refractivity contribution < 1.29 is 19.1 Å². The third kappa shape index (κ3) is 7.43. The number of benzene rings is 2. The fraction of sp³-hybridized carbons (Fsp3) is 0.500. The highest BCUT2D eigenvalue weighted by Gasteiger charge is 2.31. The van der Waals surface area contributed by atoms with Crippen LogP contribution in [0.5, 0.6) is 0 Å². The topological polar surface area (TPSA) is 55.8 Å². The molecule has 0 N–H and O–H groups in total. The van der Waals surface area contributed by atoms with Gasteiger partial charge in [-0.25, -0.2) is 0 Å². The second-order valence-electron chi connectivity index (χ2n) is 8.94. The van der Waals surface area contributed by atoms with E-state index in [2.05, 4.69) is 30.9 Å². The molecule has 0 heterocycles. The minimum Gasteiger partial charge on any atom is -0.461 e. The Morgan fingerprint density at radius 3 is 2.33 bits per heavy atom. The van der Waals surface area contributed by atoms with Gasteiger partial charge in [0.25, 0.3) is 0 Å². The molecule has 0 amide bonds. The fourth-order valence-corrected chi connectivity index (χ4v) is 4.46. The highest BCUT2D eigenvalue weighted by atomic mass is 16.5. The molecule has 2 aromatic rings. The maximum Gasteiger partial charge on any atom is 0.320 e. The van der Waals surface area contributed by atoms with E-state index in [0.29, 0.717) is 12.5 Å². The molecule has 0 spiro atoms. The molecule has 2 aromatic carbocycles. The van der Waals surface area contributed by atoms with Gasteiger partial charge in [-0.2, -0.15) is 0 Å². The van der Waals surface area contributed by atoms with E-state index in [0.717, 1.165) is 49.9 Å². The van der Waals surface area contributed by atoms with Gasteiger partial charge in [0.15, 0.2) is 0 Å². The van der Waals surface area contributed by atoms with Crippen LogP contribution >= 0.6 is 0 Å². The van der Waals surface area contributed by atoms with Crippen molar-refractivity contribution in [2.75, 3.05) is 19.6 Å². The molecular weight excluding hydrogens is 414 g/mol. The van der Waals surface area contributed by atoms with E-state index in [1.807, 2.05) is 49.4 Å². The predicted molar refractivity (Wildman–Crippen MR) is 130 cm³/mol. The van der Waals surface area contributed by atoms with Gasteiger partial charge in [-0.15, -0.1) is 0 Å². The van der Waals surface area contributed by atoms with Crippen molar-refractivity contribution >= 4 is 11.9 Å². The van der Waals surface area contributed by atoms with Crippen LogP contribution < -0.4 is 0 Å². The molecule has 1 fully saturated rings. The van der Waals surface area contributed by atoms with Gasteiger partial charge < -0.3 is 9.47 Å². The number of rotatable bonds is 11. The van der Waals surface area contributed by atoms with E-state index in [1.165, 1.54) is 5.56 Å². The Morgan fingerprint density at radius 1 is 0.970 bits per heavy atom. The van der Waals surface area contributed by atoms with E-state index >= 15 is 0 Å². The molecule has 5 heteroatoms. The van der Waals surface area contributed by atoms with Crippen molar-refractivity contribution in [2.24, 2.45) is 5.92 Å². The summed E-state index contributed by atoms with van der Waals surface area (Å²) >= 11 is 0. The van der Waals surface area contributed by atoms with Crippen LogP contribution in [0.25, 0.3) is 0 Å². The SMILES string of the molecule is CCN(CC)CC(=O)O[C@H]1CCC[C@@H]1Cc1ccc([C@H](C)C(=O)OCc2ccccc2)cc1. The third-order valence-corrected chi connectivity index (χ3v) is 6.67. The first-order chi connectivity index (χ1) is 16.0. The molecule has 0 saturated heterocycles. The zero-order valence-electron chi connectivity index (χ0n) is 20.2. The molecule has 3 rings (SSSR count). The first-order valence-electron chi connectivity index (χ1n) is 12.2. The Morgan fingerprint density at radius 2 is 1.67 bits per heavy atom. The van der Waals surface area contributed by atoms with Gasteiger partial charge in [-0.3, -0.25) is 14.5 Å². The van der Waals surface area contributed by atoms with Crippen molar-refractivity contribution in [3.05, 3.63) is 71.3 Å². The van der Waals surface area contributed by atoms with Crippen LogP contribution in [0.2, 0.25) is 0 Å². The molecule has 178 valence electrons. The number of hydrogen-bond acceptors (Lipinski definition) is 5. The summed E-state index contributed by atoms with van der Waals surface area (Å²) in [5.41, 5.74) is 3.14. The summed E-state index contributed by atoms with van der Waals surface area (Å²) in [5, 5.41) is 0. The Hall–Kier alpha value is -2.66. The van der Waals surface area contributed by atoms with Crippen LogP contribution in [0.4, 0.5) is 0 Å². The average Bonchev–Trinajstić information content (AvgIpc) is 3.27. The van der Waals surface area contributed by atoms with Gasteiger partial charge in [-0.05, 0) is 68.3 Å². The van der Waals surface area contributed by atoms with Gasteiger partial charge in [0.2, 0.25) is 0 Å². The molecule has 0 radical (unpaired) electrons. The predicted octanol–water partition coefficient (Wildman–Crippen LogP) is 5.13. The van der Waals surface area contributed by atoms with Crippen LogP contribution in [-0.2, 0) is 32.1 Å². The van der Waals surface area contributed by atoms with Crippen LogP contribution in [0.3, 0.4) is 0 Å². The molecule has 5 nitrogen and oxygen atoms in total. The largest absolute Gasteiger partial charge is 0.461 e. The number of nitrogens with zero attached hydrogens (tertiary/aromatic N) is 1. The third-order valence-electron chi connectivity index (χ3n) is 6.67. The quantitative estimate of drug-likeness (QED) is 0.443. The van der Waals surface area contributed by atoms with Crippen molar-refractivity contribution in [1.82, 2.24) is 4.90 Å². The molecule has 0 aliphatic heterocycles. The summed E-state index contributed by atoms with van der Waals surface area (Å²) in [5.74, 6) is -0.302. The van der Waals surface area contributed by atoms with Gasteiger partial charge in [0, 0.05) is 0 Å². The lowest BCUT2D eigenvalue weighted by atomic mass is 9.93. The lowest BCUT2D eigenvalue weighted by Crippen LogP contribution is -2.33. The Kier molecular flexibility index (Phi) is 9.49. The van der Waals surface area contributed by atoms with E-state index in [4.69, 9.17) is 9.47 Å². The molecule has 0 bridgehead atoms. The van der Waals surface area contributed by atoms with Crippen molar-refractivity contribution in [1.29, 1.82) is 0 Å². The molecular formula is C28H37NO4. The number of carbonyl (C=O) groups excluding carboxylic acids is 2. The Labute approximate surface area is 198 Å². The Bertz CT molecular complexity index is 877. The van der Waals surface area contributed by atoms with Gasteiger partial charge in [0.05, 0.1) is 12.5 Å². The standard InChI is InChI=1S/C28H37NO4/c1-4-29(5-2)19-27(30)33-26-13-9-12-25(26)18-22-14-16-24(17-15-22)21(3)28(31)32-20-23-10-7-6-8-11-23/h6-8,10-11,14-17,21,25-26H,4-5,9,12-13,18-20H2,1-3H3/t21-,25+,26-/m0/s1. The van der Waals surface area contributed by atoms with Crippen molar-refractivity contribution in [3.63, 3.8) is 0 Å². The molecule has 1 aliphatic carbocycles. The van der Waals surface area contributed by atoms with Gasteiger partial charge >= 0.3 is 11.9 Å². The fourth-order valence-electron chi connectivity index (χ4n) is 4.46. The number of hydrogen-bond donors (Lipinski definition) is 0. The average molecular weight is 452 g/mol. The maximum absolute atomic E-state index is 12.5. The summed E-state index contributed by atoms with van der Waals surface area (Å²) in [6.07, 6.45) is 4.00. The van der Waals surface area contributed by atoms with Gasteiger partial charge in [-0.1, -0.05) is 68.4 Å². The van der Waals surface area contributed by atoms with E-state index < -0.39 is 0 Å². The minimum atomic E-state index is -0.317.